The number of nitrogens with one attached hydrogen (secondary N) is 1. The average molecular weight is 504 g/mol. The van der Waals surface area contributed by atoms with Crippen LogP contribution in [0, 0.1) is 5.82 Å². The maximum absolute atomic E-state index is 14.5. The molecule has 0 heterocycles. The van der Waals surface area contributed by atoms with Gasteiger partial charge in [-0.25, -0.2) is 4.39 Å². The van der Waals surface area contributed by atoms with Crippen molar-refractivity contribution in [2.45, 2.75) is 6.54 Å². The minimum Gasteiger partial charge on any atom is -0.321 e. The summed E-state index contributed by atoms with van der Waals surface area (Å²) in [4.78, 5) is 13.0. The van der Waals surface area contributed by atoms with E-state index in [1.165, 1.54) is 32.3 Å². The highest BCUT2D eigenvalue weighted by atomic mass is 32.2. The summed E-state index contributed by atoms with van der Waals surface area (Å²) in [5.41, 5.74) is 3.53. The SMILES string of the molecule is CN(C)S(=O)(=O)N(Cc1ccc(C(=O)Nc2ccccc2-c2ccccc2)cc1)c1ccccc1F. The molecule has 36 heavy (non-hydrogen) atoms. The van der Waals surface area contributed by atoms with Crippen molar-refractivity contribution < 1.29 is 17.6 Å². The van der Waals surface area contributed by atoms with E-state index in [0.717, 1.165) is 19.7 Å². The number of carbonyl (C=O) groups excluding carboxylic acids is 1. The second kappa shape index (κ2) is 10.7. The van der Waals surface area contributed by atoms with E-state index >= 15 is 0 Å². The molecule has 0 saturated carbocycles. The van der Waals surface area contributed by atoms with Crippen LogP contribution in [-0.4, -0.2) is 32.7 Å². The van der Waals surface area contributed by atoms with Crippen LogP contribution in [-0.2, 0) is 16.8 Å². The molecule has 1 amide bonds. The number of hydrogen-bond donors (Lipinski definition) is 1. The second-order valence-electron chi connectivity index (χ2n) is 8.31. The highest BCUT2D eigenvalue weighted by molar-refractivity contribution is 7.90. The Hall–Kier alpha value is -4.01. The highest BCUT2D eigenvalue weighted by Crippen LogP contribution is 2.28. The molecular weight excluding hydrogens is 477 g/mol. The third-order valence-corrected chi connectivity index (χ3v) is 7.47. The van der Waals surface area contributed by atoms with Crippen LogP contribution in [0.5, 0.6) is 0 Å². The summed E-state index contributed by atoms with van der Waals surface area (Å²) in [6, 6.07) is 29.6. The maximum atomic E-state index is 14.5. The summed E-state index contributed by atoms with van der Waals surface area (Å²) in [5, 5.41) is 2.96. The van der Waals surface area contributed by atoms with Crippen molar-refractivity contribution in [1.29, 1.82) is 0 Å². The van der Waals surface area contributed by atoms with E-state index in [1.54, 1.807) is 30.3 Å². The zero-order valence-corrected chi connectivity index (χ0v) is 20.7. The van der Waals surface area contributed by atoms with E-state index in [0.29, 0.717) is 16.8 Å². The number of anilines is 2. The van der Waals surface area contributed by atoms with Crippen molar-refractivity contribution in [3.8, 4) is 11.1 Å². The Morgan fingerprint density at radius 3 is 2.08 bits per heavy atom. The molecule has 184 valence electrons. The number of para-hydroxylation sites is 2. The van der Waals surface area contributed by atoms with Gasteiger partial charge in [0, 0.05) is 30.9 Å². The van der Waals surface area contributed by atoms with Gasteiger partial charge in [0.05, 0.1) is 12.2 Å². The fourth-order valence-corrected chi connectivity index (χ4v) is 4.83. The Labute approximate surface area is 210 Å². The van der Waals surface area contributed by atoms with Crippen LogP contribution >= 0.6 is 0 Å². The van der Waals surface area contributed by atoms with Gasteiger partial charge in [-0.2, -0.15) is 12.7 Å². The summed E-state index contributed by atoms with van der Waals surface area (Å²) >= 11 is 0. The lowest BCUT2D eigenvalue weighted by Gasteiger charge is -2.27. The fraction of sp³-hybridized carbons (Fsp3) is 0.107. The van der Waals surface area contributed by atoms with Crippen LogP contribution in [0.1, 0.15) is 15.9 Å². The van der Waals surface area contributed by atoms with Gasteiger partial charge in [0.15, 0.2) is 0 Å². The predicted molar refractivity (Wildman–Crippen MR) is 141 cm³/mol. The van der Waals surface area contributed by atoms with E-state index in [2.05, 4.69) is 5.32 Å². The van der Waals surface area contributed by atoms with Crippen molar-refractivity contribution in [3.63, 3.8) is 0 Å². The van der Waals surface area contributed by atoms with Crippen molar-refractivity contribution in [2.75, 3.05) is 23.7 Å². The Morgan fingerprint density at radius 1 is 0.806 bits per heavy atom. The molecule has 0 radical (unpaired) electrons. The third kappa shape index (κ3) is 5.45. The first kappa shape index (κ1) is 25.1. The fourth-order valence-electron chi connectivity index (χ4n) is 3.73. The maximum Gasteiger partial charge on any atom is 0.303 e. The molecule has 4 aromatic carbocycles. The minimum atomic E-state index is -3.96. The Kier molecular flexibility index (Phi) is 7.47. The molecule has 4 rings (SSSR count). The second-order valence-corrected chi connectivity index (χ2v) is 10.4. The topological polar surface area (TPSA) is 69.7 Å². The monoisotopic (exact) mass is 503 g/mol. The summed E-state index contributed by atoms with van der Waals surface area (Å²) < 4.78 is 42.4. The first-order valence-electron chi connectivity index (χ1n) is 11.3. The number of carbonyl (C=O) groups is 1. The van der Waals surface area contributed by atoms with Gasteiger partial charge < -0.3 is 5.32 Å². The van der Waals surface area contributed by atoms with E-state index in [9.17, 15) is 17.6 Å². The van der Waals surface area contributed by atoms with Crippen LogP contribution in [0.15, 0.2) is 103 Å². The van der Waals surface area contributed by atoms with Gasteiger partial charge in [-0.1, -0.05) is 72.8 Å². The van der Waals surface area contributed by atoms with Crippen molar-refractivity contribution >= 4 is 27.5 Å². The average Bonchev–Trinajstić information content (AvgIpc) is 2.89. The highest BCUT2D eigenvalue weighted by Gasteiger charge is 2.27. The quantitative estimate of drug-likeness (QED) is 0.342. The standard InChI is InChI=1S/C28H26FN3O3S/c1-31(2)36(34,35)32(27-15-9-7-13-25(27)29)20-21-16-18-23(19-17-21)28(33)30-26-14-8-6-12-24(26)22-10-4-3-5-11-22/h3-19H,20H2,1-2H3,(H,30,33). The van der Waals surface area contributed by atoms with E-state index < -0.39 is 16.0 Å². The lowest BCUT2D eigenvalue weighted by atomic mass is 10.0. The van der Waals surface area contributed by atoms with Crippen LogP contribution in [0.3, 0.4) is 0 Å². The van der Waals surface area contributed by atoms with Gasteiger partial charge in [0.1, 0.15) is 5.82 Å². The molecule has 1 N–H and O–H groups in total. The summed E-state index contributed by atoms with van der Waals surface area (Å²) in [6.45, 7) is -0.0970. The van der Waals surface area contributed by atoms with Crippen molar-refractivity contribution in [3.05, 3.63) is 120 Å². The Morgan fingerprint density at radius 2 is 1.42 bits per heavy atom. The van der Waals surface area contributed by atoms with Crippen molar-refractivity contribution in [1.82, 2.24) is 4.31 Å². The Balaban J connectivity index is 1.56. The molecule has 0 aromatic heterocycles. The number of amides is 1. The summed E-state index contributed by atoms with van der Waals surface area (Å²) in [7, 11) is -1.18. The van der Waals surface area contributed by atoms with Gasteiger partial charge >= 0.3 is 10.2 Å². The van der Waals surface area contributed by atoms with Gasteiger partial charge in [-0.3, -0.25) is 9.10 Å². The molecule has 0 aliphatic heterocycles. The van der Waals surface area contributed by atoms with Gasteiger partial charge in [-0.05, 0) is 41.5 Å². The van der Waals surface area contributed by atoms with Gasteiger partial charge in [-0.15, -0.1) is 0 Å². The van der Waals surface area contributed by atoms with Gasteiger partial charge in [0.25, 0.3) is 5.91 Å². The number of nitrogens with zero attached hydrogens (tertiary/aromatic N) is 2. The zero-order chi connectivity index (χ0) is 25.7. The Bertz CT molecular complexity index is 1460. The van der Waals surface area contributed by atoms with E-state index in [1.807, 2.05) is 54.6 Å². The molecule has 0 unspecified atom stereocenters. The summed E-state index contributed by atoms with van der Waals surface area (Å²) in [6.07, 6.45) is 0. The van der Waals surface area contributed by atoms with Crippen LogP contribution in [0.2, 0.25) is 0 Å². The molecule has 0 fully saturated rings. The first-order chi connectivity index (χ1) is 17.3. The number of benzene rings is 4. The zero-order valence-electron chi connectivity index (χ0n) is 19.9. The molecule has 8 heteroatoms. The smallest absolute Gasteiger partial charge is 0.303 e. The molecule has 0 spiro atoms. The molecule has 0 aliphatic carbocycles. The van der Waals surface area contributed by atoms with Crippen LogP contribution in [0.25, 0.3) is 11.1 Å². The van der Waals surface area contributed by atoms with Crippen molar-refractivity contribution in [2.24, 2.45) is 0 Å². The van der Waals surface area contributed by atoms with Crippen LogP contribution in [0.4, 0.5) is 15.8 Å². The predicted octanol–water partition coefficient (Wildman–Crippen LogP) is 5.56. The minimum absolute atomic E-state index is 0.0504. The largest absolute Gasteiger partial charge is 0.321 e. The molecule has 0 atom stereocenters. The third-order valence-electron chi connectivity index (χ3n) is 5.66. The van der Waals surface area contributed by atoms with E-state index in [4.69, 9.17) is 0 Å². The number of halogens is 1. The lowest BCUT2D eigenvalue weighted by molar-refractivity contribution is 0.102. The first-order valence-corrected chi connectivity index (χ1v) is 12.7. The molecular formula is C28H26FN3O3S. The molecule has 4 aromatic rings. The van der Waals surface area contributed by atoms with E-state index in [-0.39, 0.29) is 18.1 Å². The molecule has 0 saturated heterocycles. The molecule has 6 nitrogen and oxygen atoms in total. The normalized spacial score (nSPS) is 11.3. The van der Waals surface area contributed by atoms with Crippen LogP contribution < -0.4 is 9.62 Å². The number of hydrogen-bond acceptors (Lipinski definition) is 3. The molecule has 0 aliphatic rings. The summed E-state index contributed by atoms with van der Waals surface area (Å²) in [5.74, 6) is -0.937. The molecule has 0 bridgehead atoms. The number of rotatable bonds is 8. The van der Waals surface area contributed by atoms with Gasteiger partial charge in [0.2, 0.25) is 0 Å². The lowest BCUT2D eigenvalue weighted by Crippen LogP contribution is -2.40.